The average molecular weight is 495 g/mol. The number of esters is 1. The quantitative estimate of drug-likeness (QED) is 0.405. The zero-order chi connectivity index (χ0) is 23.7. The van der Waals surface area contributed by atoms with Crippen LogP contribution in [-0.2, 0) is 16.0 Å². The molecule has 1 aliphatic heterocycles. The van der Waals surface area contributed by atoms with E-state index >= 15 is 0 Å². The summed E-state index contributed by atoms with van der Waals surface area (Å²) in [5, 5.41) is 1.74. The van der Waals surface area contributed by atoms with E-state index in [-0.39, 0.29) is 12.5 Å². The van der Waals surface area contributed by atoms with Gasteiger partial charge in [-0.2, -0.15) is 0 Å². The first-order valence-electron chi connectivity index (χ1n) is 11.5. The first-order valence-corrected chi connectivity index (χ1v) is 12.3. The van der Waals surface area contributed by atoms with Gasteiger partial charge in [-0.3, -0.25) is 4.79 Å². The molecular formula is C27H24Cl2N2O3. The van der Waals surface area contributed by atoms with Crippen LogP contribution in [0.1, 0.15) is 52.9 Å². The number of pyridine rings is 1. The van der Waals surface area contributed by atoms with Crippen molar-refractivity contribution in [3.8, 4) is 0 Å². The Morgan fingerprint density at radius 2 is 1.79 bits per heavy atom. The van der Waals surface area contributed by atoms with Crippen molar-refractivity contribution in [3.05, 3.63) is 74.9 Å². The van der Waals surface area contributed by atoms with E-state index in [1.54, 1.807) is 11.0 Å². The maximum absolute atomic E-state index is 13.3. The van der Waals surface area contributed by atoms with E-state index in [9.17, 15) is 9.59 Å². The van der Waals surface area contributed by atoms with Gasteiger partial charge in [-0.15, -0.1) is 0 Å². The van der Waals surface area contributed by atoms with Gasteiger partial charge in [0.1, 0.15) is 0 Å². The topological polar surface area (TPSA) is 59.5 Å². The van der Waals surface area contributed by atoms with Crippen LogP contribution in [-0.4, -0.2) is 41.5 Å². The molecule has 2 aromatic carbocycles. The highest BCUT2D eigenvalue weighted by molar-refractivity contribution is 6.42. The summed E-state index contributed by atoms with van der Waals surface area (Å²) in [5.74, 6) is -0.612. The number of para-hydroxylation sites is 1. The van der Waals surface area contributed by atoms with Gasteiger partial charge < -0.3 is 9.64 Å². The van der Waals surface area contributed by atoms with Crippen LogP contribution in [0.2, 0.25) is 10.0 Å². The van der Waals surface area contributed by atoms with Crippen LogP contribution >= 0.6 is 23.2 Å². The highest BCUT2D eigenvalue weighted by Crippen LogP contribution is 2.38. The highest BCUT2D eigenvalue weighted by atomic mass is 35.5. The number of nitrogens with zero attached hydrogens (tertiary/aromatic N) is 2. The summed E-state index contributed by atoms with van der Waals surface area (Å²) in [7, 11) is 0. The summed E-state index contributed by atoms with van der Waals surface area (Å²) < 4.78 is 5.55. The molecule has 0 atom stereocenters. The van der Waals surface area contributed by atoms with Crippen molar-refractivity contribution in [3.63, 3.8) is 0 Å². The third-order valence-electron chi connectivity index (χ3n) is 6.47. The van der Waals surface area contributed by atoms with Gasteiger partial charge >= 0.3 is 5.97 Å². The zero-order valence-electron chi connectivity index (χ0n) is 18.7. The third kappa shape index (κ3) is 4.55. The predicted molar refractivity (Wildman–Crippen MR) is 135 cm³/mol. The molecule has 1 amide bonds. The molecule has 1 aliphatic carbocycles. The number of hydrogen-bond acceptors (Lipinski definition) is 4. The van der Waals surface area contributed by atoms with E-state index in [2.05, 4.69) is 0 Å². The fourth-order valence-corrected chi connectivity index (χ4v) is 5.06. The second-order valence-electron chi connectivity index (χ2n) is 8.69. The third-order valence-corrected chi connectivity index (χ3v) is 7.20. The maximum atomic E-state index is 13.3. The Hall–Kier alpha value is -2.89. The molecule has 1 aromatic heterocycles. The van der Waals surface area contributed by atoms with Crippen LogP contribution in [0.25, 0.3) is 22.6 Å². The van der Waals surface area contributed by atoms with Gasteiger partial charge in [0.15, 0.2) is 6.61 Å². The lowest BCUT2D eigenvalue weighted by Gasteiger charge is -2.26. The summed E-state index contributed by atoms with van der Waals surface area (Å²) >= 11 is 12.2. The fourth-order valence-electron chi connectivity index (χ4n) is 4.75. The summed E-state index contributed by atoms with van der Waals surface area (Å²) in [6.45, 7) is 1.22. The van der Waals surface area contributed by atoms with Crippen LogP contribution < -0.4 is 0 Å². The van der Waals surface area contributed by atoms with Crippen molar-refractivity contribution < 1.29 is 14.3 Å². The number of fused-ring (bicyclic) bond motifs is 2. The largest absolute Gasteiger partial charge is 0.452 e. The first kappa shape index (κ1) is 22.9. The molecule has 34 heavy (non-hydrogen) atoms. The van der Waals surface area contributed by atoms with Crippen molar-refractivity contribution in [1.29, 1.82) is 0 Å². The van der Waals surface area contributed by atoms with Gasteiger partial charge in [-0.05, 0) is 73.1 Å². The van der Waals surface area contributed by atoms with E-state index < -0.39 is 5.97 Å². The monoisotopic (exact) mass is 494 g/mol. The number of aromatic nitrogens is 1. The van der Waals surface area contributed by atoms with E-state index in [4.69, 9.17) is 32.9 Å². The van der Waals surface area contributed by atoms with Crippen LogP contribution in [0, 0.1) is 0 Å². The van der Waals surface area contributed by atoms with E-state index in [0.29, 0.717) is 22.0 Å². The minimum Gasteiger partial charge on any atom is -0.452 e. The number of likely N-dealkylation sites (tertiary alicyclic amines) is 1. The number of allylic oxidation sites excluding steroid dienone is 1. The molecule has 5 rings (SSSR count). The van der Waals surface area contributed by atoms with Gasteiger partial charge in [-0.25, -0.2) is 9.78 Å². The highest BCUT2D eigenvalue weighted by Gasteiger charge is 2.28. The number of benzene rings is 2. The molecule has 0 saturated carbocycles. The van der Waals surface area contributed by atoms with E-state index in [0.717, 1.165) is 72.1 Å². The van der Waals surface area contributed by atoms with Crippen LogP contribution in [0.5, 0.6) is 0 Å². The van der Waals surface area contributed by atoms with Gasteiger partial charge in [0.05, 0.1) is 26.8 Å². The normalized spacial score (nSPS) is 16.6. The number of amides is 1. The summed E-state index contributed by atoms with van der Waals surface area (Å²) in [6, 6.07) is 13.0. The average Bonchev–Trinajstić information content (AvgIpc) is 3.25. The number of piperidine rings is 1. The molecule has 2 heterocycles. The van der Waals surface area contributed by atoms with Gasteiger partial charge in [-0.1, -0.05) is 47.5 Å². The van der Waals surface area contributed by atoms with Gasteiger partial charge in [0, 0.05) is 18.5 Å². The number of hydrogen-bond donors (Lipinski definition) is 0. The standard InChI is InChI=1S/C27H24Cl2N2O3/c28-21-11-8-17(15-22(21)29)14-18-9-10-20-25(19-6-2-3-7-23(19)30-26(18)20)27(33)34-16-24(32)31-12-4-1-5-13-31/h2-3,6-8,11,14-15H,1,4-5,9-10,12-13,16H2. The molecule has 0 bridgehead atoms. The van der Waals surface area contributed by atoms with Crippen molar-refractivity contribution in [1.82, 2.24) is 9.88 Å². The van der Waals surface area contributed by atoms with Crippen LogP contribution in [0.15, 0.2) is 42.5 Å². The first-order chi connectivity index (χ1) is 16.5. The SMILES string of the molecule is O=C(OCC(=O)N1CCCCC1)c1c2c(nc3ccccc13)C(=Cc1ccc(Cl)c(Cl)c1)CC2. The summed E-state index contributed by atoms with van der Waals surface area (Å²) in [4.78, 5) is 32.5. The minimum atomic E-state index is -0.476. The zero-order valence-corrected chi connectivity index (χ0v) is 20.2. The Morgan fingerprint density at radius 1 is 1.00 bits per heavy atom. The Kier molecular flexibility index (Phi) is 6.57. The minimum absolute atomic E-state index is 0.136. The second kappa shape index (κ2) is 9.77. The predicted octanol–water partition coefficient (Wildman–Crippen LogP) is 6.20. The Bertz CT molecular complexity index is 1310. The molecule has 174 valence electrons. The molecule has 0 N–H and O–H groups in total. The molecule has 2 aliphatic rings. The maximum Gasteiger partial charge on any atom is 0.339 e. The molecular weight excluding hydrogens is 471 g/mol. The molecule has 5 nitrogen and oxygen atoms in total. The molecule has 7 heteroatoms. The summed E-state index contributed by atoms with van der Waals surface area (Å²) in [5.41, 5.74) is 4.82. The van der Waals surface area contributed by atoms with Crippen molar-refractivity contribution in [2.75, 3.05) is 19.7 Å². The molecule has 1 saturated heterocycles. The van der Waals surface area contributed by atoms with E-state index in [1.165, 1.54) is 0 Å². The van der Waals surface area contributed by atoms with Crippen molar-refractivity contribution >= 4 is 57.6 Å². The van der Waals surface area contributed by atoms with Gasteiger partial charge in [0.25, 0.3) is 5.91 Å². The van der Waals surface area contributed by atoms with Crippen molar-refractivity contribution in [2.24, 2.45) is 0 Å². The fraction of sp³-hybridized carbons (Fsp3) is 0.296. The number of rotatable bonds is 4. The Labute approximate surface area is 208 Å². The lowest BCUT2D eigenvalue weighted by molar-refractivity contribution is -0.135. The smallest absolute Gasteiger partial charge is 0.339 e. The second-order valence-corrected chi connectivity index (χ2v) is 9.51. The molecule has 3 aromatic rings. The lowest BCUT2D eigenvalue weighted by Crippen LogP contribution is -2.38. The number of carbonyl (C=O) groups is 2. The molecule has 0 radical (unpaired) electrons. The summed E-state index contributed by atoms with van der Waals surface area (Å²) in [6.07, 6.45) is 6.57. The number of carbonyl (C=O) groups excluding carboxylic acids is 2. The number of halogens is 2. The number of ether oxygens (including phenoxy) is 1. The molecule has 0 spiro atoms. The molecule has 0 unspecified atom stereocenters. The molecule has 1 fully saturated rings. The van der Waals surface area contributed by atoms with Crippen LogP contribution in [0.3, 0.4) is 0 Å². The van der Waals surface area contributed by atoms with Crippen LogP contribution in [0.4, 0.5) is 0 Å². The van der Waals surface area contributed by atoms with E-state index in [1.807, 2.05) is 42.5 Å². The lowest BCUT2D eigenvalue weighted by atomic mass is 10.0. The Balaban J connectivity index is 1.47. The Morgan fingerprint density at radius 3 is 2.59 bits per heavy atom. The van der Waals surface area contributed by atoms with Gasteiger partial charge in [0.2, 0.25) is 0 Å². The van der Waals surface area contributed by atoms with Crippen molar-refractivity contribution in [2.45, 2.75) is 32.1 Å².